The highest BCUT2D eigenvalue weighted by Crippen LogP contribution is 2.23. The van der Waals surface area contributed by atoms with Gasteiger partial charge in [-0.05, 0) is 34.6 Å². The molecular weight excluding hydrogens is 320 g/mol. The summed E-state index contributed by atoms with van der Waals surface area (Å²) in [5.74, 6) is 0.0684. The van der Waals surface area contributed by atoms with E-state index in [1.807, 2.05) is 17.5 Å². The number of carbonyl (C=O) groups is 1. The van der Waals surface area contributed by atoms with E-state index in [1.165, 1.54) is 11.3 Å². The van der Waals surface area contributed by atoms with Crippen LogP contribution in [0, 0.1) is 0 Å². The molecule has 0 aliphatic carbocycles. The number of rotatable bonds is 5. The Labute approximate surface area is 116 Å². The zero-order chi connectivity index (χ0) is 12.3. The maximum Gasteiger partial charge on any atom is 0.187 e. The van der Waals surface area contributed by atoms with Crippen LogP contribution in [0.25, 0.3) is 0 Å². The molecule has 90 valence electrons. The fourth-order valence-electron chi connectivity index (χ4n) is 1.37. The molecule has 0 fully saturated rings. The molecule has 0 aliphatic heterocycles. The molecule has 6 heteroatoms. The molecule has 0 atom stereocenters. The molecule has 0 saturated heterocycles. The molecule has 2 aromatic heterocycles. The molecule has 0 aliphatic rings. The third-order valence-corrected chi connectivity index (χ3v) is 4.69. The fourth-order valence-corrected chi connectivity index (χ4v) is 3.67. The Morgan fingerprint density at radius 2 is 2.29 bits per heavy atom. The quantitative estimate of drug-likeness (QED) is 0.857. The Morgan fingerprint density at radius 1 is 1.47 bits per heavy atom. The van der Waals surface area contributed by atoms with Gasteiger partial charge in [0.2, 0.25) is 0 Å². The largest absolute Gasteiger partial charge is 0.330 e. The summed E-state index contributed by atoms with van der Waals surface area (Å²) in [5.41, 5.74) is 6.01. The average Bonchev–Trinajstić information content (AvgIpc) is 2.88. The second-order valence-electron chi connectivity index (χ2n) is 3.47. The van der Waals surface area contributed by atoms with Gasteiger partial charge in [-0.1, -0.05) is 0 Å². The molecular formula is C11H11BrN2OS2. The Morgan fingerprint density at radius 3 is 2.94 bits per heavy atom. The van der Waals surface area contributed by atoms with E-state index in [1.54, 1.807) is 11.3 Å². The maximum absolute atomic E-state index is 11.9. The van der Waals surface area contributed by atoms with Crippen LogP contribution in [0.15, 0.2) is 21.3 Å². The van der Waals surface area contributed by atoms with E-state index < -0.39 is 0 Å². The van der Waals surface area contributed by atoms with Crippen molar-refractivity contribution in [3.63, 3.8) is 0 Å². The molecule has 0 amide bonds. The Hall–Kier alpha value is -0.560. The molecule has 2 heterocycles. The number of nitrogens with two attached hydrogens (primary N) is 1. The van der Waals surface area contributed by atoms with Gasteiger partial charge in [0.1, 0.15) is 5.69 Å². The van der Waals surface area contributed by atoms with Crippen LogP contribution in [-0.2, 0) is 12.8 Å². The Balaban J connectivity index is 2.03. The zero-order valence-electron chi connectivity index (χ0n) is 8.98. The van der Waals surface area contributed by atoms with Gasteiger partial charge in [-0.25, -0.2) is 4.98 Å². The standard InChI is InChI=1S/C11H11BrN2OS2/c12-10-2-1-7(17-10)5-9(15)8-6-16-11(14-8)3-4-13/h1-2,6H,3-5,13H2. The van der Waals surface area contributed by atoms with Crippen LogP contribution in [0.4, 0.5) is 0 Å². The van der Waals surface area contributed by atoms with Crippen LogP contribution >= 0.6 is 38.6 Å². The monoisotopic (exact) mass is 330 g/mol. The minimum absolute atomic E-state index is 0.0684. The molecule has 0 unspecified atom stereocenters. The summed E-state index contributed by atoms with van der Waals surface area (Å²) in [6, 6.07) is 3.91. The minimum atomic E-state index is 0.0684. The summed E-state index contributed by atoms with van der Waals surface area (Å²) in [5, 5.41) is 2.75. The predicted octanol–water partition coefficient (Wildman–Crippen LogP) is 2.89. The van der Waals surface area contributed by atoms with Crippen molar-refractivity contribution in [2.75, 3.05) is 6.54 Å². The van der Waals surface area contributed by atoms with Crippen molar-refractivity contribution < 1.29 is 4.79 Å². The summed E-state index contributed by atoms with van der Waals surface area (Å²) >= 11 is 6.46. The molecule has 0 aromatic carbocycles. The molecule has 2 aromatic rings. The number of aromatic nitrogens is 1. The van der Waals surface area contributed by atoms with Crippen LogP contribution in [0.3, 0.4) is 0 Å². The highest BCUT2D eigenvalue weighted by Gasteiger charge is 2.12. The van der Waals surface area contributed by atoms with E-state index in [2.05, 4.69) is 20.9 Å². The number of ketones is 1. The summed E-state index contributed by atoms with van der Waals surface area (Å²) < 4.78 is 1.04. The van der Waals surface area contributed by atoms with Crippen molar-refractivity contribution in [1.82, 2.24) is 4.98 Å². The van der Waals surface area contributed by atoms with E-state index >= 15 is 0 Å². The number of hydrogen-bond donors (Lipinski definition) is 1. The van der Waals surface area contributed by atoms with Gasteiger partial charge in [0.05, 0.1) is 8.79 Å². The first-order chi connectivity index (χ1) is 8.19. The molecule has 0 saturated carbocycles. The van der Waals surface area contributed by atoms with Crippen LogP contribution in [0.2, 0.25) is 0 Å². The van der Waals surface area contributed by atoms with Crippen LogP contribution in [0.1, 0.15) is 20.4 Å². The van der Waals surface area contributed by atoms with Crippen molar-refractivity contribution >= 4 is 44.4 Å². The molecule has 0 spiro atoms. The first-order valence-electron chi connectivity index (χ1n) is 5.11. The smallest absolute Gasteiger partial charge is 0.187 e. The van der Waals surface area contributed by atoms with Gasteiger partial charge in [0.25, 0.3) is 0 Å². The van der Waals surface area contributed by atoms with Gasteiger partial charge < -0.3 is 5.73 Å². The summed E-state index contributed by atoms with van der Waals surface area (Å²) in [6.45, 7) is 0.568. The number of halogens is 1. The zero-order valence-corrected chi connectivity index (χ0v) is 12.2. The maximum atomic E-state index is 11.9. The van der Waals surface area contributed by atoms with Gasteiger partial charge >= 0.3 is 0 Å². The van der Waals surface area contributed by atoms with Crippen molar-refractivity contribution in [1.29, 1.82) is 0 Å². The van der Waals surface area contributed by atoms with Crippen molar-refractivity contribution in [3.8, 4) is 0 Å². The fraction of sp³-hybridized carbons (Fsp3) is 0.273. The number of carbonyl (C=O) groups excluding carboxylic acids is 1. The van der Waals surface area contributed by atoms with E-state index in [0.717, 1.165) is 20.1 Å². The molecule has 2 rings (SSSR count). The molecule has 17 heavy (non-hydrogen) atoms. The van der Waals surface area contributed by atoms with E-state index in [9.17, 15) is 4.79 Å². The van der Waals surface area contributed by atoms with Gasteiger partial charge in [-0.3, -0.25) is 4.79 Å². The van der Waals surface area contributed by atoms with Crippen molar-refractivity contribution in [2.45, 2.75) is 12.8 Å². The van der Waals surface area contributed by atoms with Gasteiger partial charge in [-0.15, -0.1) is 22.7 Å². The number of Topliss-reactive ketones (excluding diaryl/α,β-unsaturated/α-hetero) is 1. The van der Waals surface area contributed by atoms with Crippen LogP contribution in [-0.4, -0.2) is 17.3 Å². The van der Waals surface area contributed by atoms with Gasteiger partial charge in [0.15, 0.2) is 5.78 Å². The molecule has 3 nitrogen and oxygen atoms in total. The van der Waals surface area contributed by atoms with Crippen LogP contribution < -0.4 is 5.73 Å². The summed E-state index contributed by atoms with van der Waals surface area (Å²) in [7, 11) is 0. The topological polar surface area (TPSA) is 56.0 Å². The normalized spacial score (nSPS) is 10.7. The molecule has 0 radical (unpaired) electrons. The summed E-state index contributed by atoms with van der Waals surface area (Å²) in [6.07, 6.45) is 1.16. The van der Waals surface area contributed by atoms with Gasteiger partial charge in [-0.2, -0.15) is 0 Å². The van der Waals surface area contributed by atoms with E-state index in [0.29, 0.717) is 18.7 Å². The third kappa shape index (κ3) is 3.45. The van der Waals surface area contributed by atoms with Gasteiger partial charge in [0, 0.05) is 23.1 Å². The lowest BCUT2D eigenvalue weighted by Gasteiger charge is -1.94. The lowest BCUT2D eigenvalue weighted by Crippen LogP contribution is -2.05. The van der Waals surface area contributed by atoms with Crippen molar-refractivity contribution in [3.05, 3.63) is 36.9 Å². The number of thiazole rings is 1. The molecule has 2 N–H and O–H groups in total. The SMILES string of the molecule is NCCc1nc(C(=O)Cc2ccc(Br)s2)cs1. The first kappa shape index (κ1) is 12.9. The number of thiophene rings is 1. The summed E-state index contributed by atoms with van der Waals surface area (Å²) in [4.78, 5) is 17.3. The first-order valence-corrected chi connectivity index (χ1v) is 7.60. The number of nitrogens with zero attached hydrogens (tertiary/aromatic N) is 1. The average molecular weight is 331 g/mol. The lowest BCUT2D eigenvalue weighted by atomic mass is 10.2. The second kappa shape index (κ2) is 5.86. The minimum Gasteiger partial charge on any atom is -0.330 e. The Kier molecular flexibility index (Phi) is 4.44. The van der Waals surface area contributed by atoms with E-state index in [4.69, 9.17) is 5.73 Å². The third-order valence-electron chi connectivity index (χ3n) is 2.16. The van der Waals surface area contributed by atoms with E-state index in [-0.39, 0.29) is 5.78 Å². The highest BCUT2D eigenvalue weighted by atomic mass is 79.9. The Bertz CT molecular complexity index is 521. The van der Waals surface area contributed by atoms with Crippen molar-refractivity contribution in [2.24, 2.45) is 5.73 Å². The second-order valence-corrected chi connectivity index (χ2v) is 6.96. The highest BCUT2D eigenvalue weighted by molar-refractivity contribution is 9.11. The number of hydrogen-bond acceptors (Lipinski definition) is 5. The van der Waals surface area contributed by atoms with Crippen LogP contribution in [0.5, 0.6) is 0 Å². The predicted molar refractivity (Wildman–Crippen MR) is 74.9 cm³/mol. The lowest BCUT2D eigenvalue weighted by molar-refractivity contribution is 0.0989. The molecule has 0 bridgehead atoms.